The second kappa shape index (κ2) is 70.7. The van der Waals surface area contributed by atoms with E-state index in [4.69, 9.17) is 37.0 Å². The van der Waals surface area contributed by atoms with Gasteiger partial charge >= 0.3 is 39.5 Å². The molecule has 0 rings (SSSR count). The van der Waals surface area contributed by atoms with Crippen LogP contribution < -0.4 is 0 Å². The van der Waals surface area contributed by atoms with Crippen molar-refractivity contribution in [2.75, 3.05) is 39.6 Å². The predicted octanol–water partition coefficient (Wildman–Crippen LogP) is 23.5. The summed E-state index contributed by atoms with van der Waals surface area (Å²) in [5, 5.41) is 10.6. The van der Waals surface area contributed by atoms with Gasteiger partial charge in [0.15, 0.2) is 12.2 Å². The zero-order chi connectivity index (χ0) is 72.1. The summed E-state index contributed by atoms with van der Waals surface area (Å²) >= 11 is 0. The second-order valence-electron chi connectivity index (χ2n) is 29.4. The summed E-state index contributed by atoms with van der Waals surface area (Å²) < 4.78 is 68.6. The van der Waals surface area contributed by atoms with Crippen molar-refractivity contribution in [2.24, 2.45) is 11.8 Å². The Morgan fingerprint density at radius 1 is 0.276 bits per heavy atom. The summed E-state index contributed by atoms with van der Waals surface area (Å²) in [6.45, 7) is 9.52. The standard InChI is InChI=1S/C79H154O17P2/c1-7-9-11-13-15-17-19-21-23-25-26-27-28-30-32-34-39-43-51-57-63-78(83)95-74(67-89-76(81)61-55-49-42-38-33-31-29-24-22-20-18-16-14-12-10-8-2)69-93-97(85,86)91-65-73(80)66-92-98(87,88)94-70-75(68-90-77(82)62-56-50-46-45-48-54-60-72(5)6)96-79(84)64-58-52-44-40-36-35-37-41-47-53-59-71(3)4/h71-75,80H,7-70H2,1-6H3,(H,85,86)(H,87,88)/t73-,74-,75-/m1/s1. The highest BCUT2D eigenvalue weighted by atomic mass is 31.2. The van der Waals surface area contributed by atoms with E-state index in [2.05, 4.69) is 41.5 Å². The van der Waals surface area contributed by atoms with Gasteiger partial charge in [0.25, 0.3) is 0 Å². The Morgan fingerprint density at radius 3 is 0.694 bits per heavy atom. The minimum atomic E-state index is -4.96. The van der Waals surface area contributed by atoms with Crippen LogP contribution in [0.5, 0.6) is 0 Å². The van der Waals surface area contributed by atoms with Gasteiger partial charge in [-0.15, -0.1) is 0 Å². The lowest BCUT2D eigenvalue weighted by Gasteiger charge is -2.21. The molecule has 0 amide bonds. The van der Waals surface area contributed by atoms with Crippen LogP contribution in [0.15, 0.2) is 0 Å². The lowest BCUT2D eigenvalue weighted by Crippen LogP contribution is -2.30. The Bertz CT molecular complexity index is 1890. The lowest BCUT2D eigenvalue weighted by molar-refractivity contribution is -0.161. The van der Waals surface area contributed by atoms with Crippen LogP contribution in [-0.4, -0.2) is 96.7 Å². The Kier molecular flexibility index (Phi) is 69.3. The first kappa shape index (κ1) is 96.1. The summed E-state index contributed by atoms with van der Waals surface area (Å²) in [7, 11) is -9.91. The lowest BCUT2D eigenvalue weighted by atomic mass is 10.0. The molecule has 2 unspecified atom stereocenters. The summed E-state index contributed by atoms with van der Waals surface area (Å²) in [5.74, 6) is -0.683. The molecule has 0 aliphatic heterocycles. The molecule has 0 spiro atoms. The minimum Gasteiger partial charge on any atom is -0.462 e. The van der Waals surface area contributed by atoms with Gasteiger partial charge in [-0.1, -0.05) is 363 Å². The number of phosphoric ester groups is 2. The summed E-state index contributed by atoms with van der Waals surface area (Å²) in [6.07, 6.45) is 59.9. The van der Waals surface area contributed by atoms with E-state index in [1.54, 1.807) is 0 Å². The maximum Gasteiger partial charge on any atom is 0.472 e. The topological polar surface area (TPSA) is 237 Å². The average molecular weight is 1440 g/mol. The predicted molar refractivity (Wildman–Crippen MR) is 400 cm³/mol. The van der Waals surface area contributed by atoms with Gasteiger partial charge in [0, 0.05) is 25.7 Å². The van der Waals surface area contributed by atoms with Crippen LogP contribution in [0.1, 0.15) is 414 Å². The van der Waals surface area contributed by atoms with Gasteiger partial charge in [0.1, 0.15) is 19.3 Å². The van der Waals surface area contributed by atoms with E-state index in [0.717, 1.165) is 102 Å². The third-order valence-corrected chi connectivity index (χ3v) is 20.4. The minimum absolute atomic E-state index is 0.105. The molecule has 0 aliphatic carbocycles. The van der Waals surface area contributed by atoms with Crippen LogP contribution >= 0.6 is 15.6 Å². The number of carbonyl (C=O) groups excluding carboxylic acids is 4. The van der Waals surface area contributed by atoms with Crippen molar-refractivity contribution in [3.63, 3.8) is 0 Å². The Balaban J connectivity index is 5.21. The first-order valence-electron chi connectivity index (χ1n) is 41.0. The average Bonchev–Trinajstić information content (AvgIpc) is 0.940. The number of ether oxygens (including phenoxy) is 4. The molecule has 0 radical (unpaired) electrons. The first-order valence-corrected chi connectivity index (χ1v) is 44.0. The van der Waals surface area contributed by atoms with Gasteiger partial charge in [-0.2, -0.15) is 0 Å². The van der Waals surface area contributed by atoms with E-state index < -0.39 is 97.5 Å². The van der Waals surface area contributed by atoms with E-state index in [1.165, 1.54) is 225 Å². The SMILES string of the molecule is CCCCCCCCCCCCCCCCCCCCCCC(=O)O[C@H](COC(=O)CCCCCCCCCCCCCCCCCC)COP(=O)(O)OC[C@@H](O)COP(=O)(O)OC[C@@H](COC(=O)CCCCCCCCC(C)C)OC(=O)CCCCCCCCCCCCC(C)C. The fraction of sp³-hybridized carbons (Fsp3) is 0.949. The highest BCUT2D eigenvalue weighted by Gasteiger charge is 2.30. The smallest absolute Gasteiger partial charge is 0.462 e. The molecule has 582 valence electrons. The van der Waals surface area contributed by atoms with E-state index in [1.807, 2.05) is 0 Å². The highest BCUT2D eigenvalue weighted by molar-refractivity contribution is 7.47. The van der Waals surface area contributed by atoms with Gasteiger partial charge in [-0.05, 0) is 37.5 Å². The zero-order valence-electron chi connectivity index (χ0n) is 64.1. The molecule has 17 nitrogen and oxygen atoms in total. The first-order chi connectivity index (χ1) is 47.4. The van der Waals surface area contributed by atoms with E-state index >= 15 is 0 Å². The van der Waals surface area contributed by atoms with E-state index in [-0.39, 0.29) is 25.7 Å². The van der Waals surface area contributed by atoms with Gasteiger partial charge < -0.3 is 33.8 Å². The molecule has 0 saturated carbocycles. The van der Waals surface area contributed by atoms with Crippen molar-refractivity contribution >= 4 is 39.5 Å². The molecular weight excluding hydrogens is 1280 g/mol. The number of carbonyl (C=O) groups is 4. The number of aliphatic hydroxyl groups is 1. The number of aliphatic hydroxyl groups excluding tert-OH is 1. The number of hydrogen-bond donors (Lipinski definition) is 3. The Hall–Kier alpha value is -1.94. The molecule has 0 aliphatic rings. The van der Waals surface area contributed by atoms with Gasteiger partial charge in [-0.3, -0.25) is 37.3 Å². The third kappa shape index (κ3) is 72.4. The second-order valence-corrected chi connectivity index (χ2v) is 32.3. The summed E-state index contributed by atoms with van der Waals surface area (Å²) in [4.78, 5) is 72.9. The largest absolute Gasteiger partial charge is 0.472 e. The normalized spacial score (nSPS) is 13.9. The molecule has 0 aromatic rings. The van der Waals surface area contributed by atoms with Crippen molar-refractivity contribution in [2.45, 2.75) is 432 Å². The molecule has 0 heterocycles. The van der Waals surface area contributed by atoms with Crippen LogP contribution in [0.3, 0.4) is 0 Å². The van der Waals surface area contributed by atoms with Crippen LogP contribution in [-0.2, 0) is 65.4 Å². The molecular formula is C79H154O17P2. The fourth-order valence-corrected chi connectivity index (χ4v) is 13.8. The maximum atomic E-state index is 13.1. The number of phosphoric acid groups is 2. The van der Waals surface area contributed by atoms with Crippen LogP contribution in [0.25, 0.3) is 0 Å². The number of unbranched alkanes of at least 4 members (excludes halogenated alkanes) is 48. The number of hydrogen-bond acceptors (Lipinski definition) is 15. The molecule has 0 aromatic heterocycles. The molecule has 98 heavy (non-hydrogen) atoms. The highest BCUT2D eigenvalue weighted by Crippen LogP contribution is 2.45. The zero-order valence-corrected chi connectivity index (χ0v) is 65.9. The monoisotopic (exact) mass is 1440 g/mol. The van der Waals surface area contributed by atoms with Crippen LogP contribution in [0.4, 0.5) is 0 Å². The molecule has 0 bridgehead atoms. The quantitative estimate of drug-likeness (QED) is 0.0222. The van der Waals surface area contributed by atoms with Crippen LogP contribution in [0.2, 0.25) is 0 Å². The molecule has 3 N–H and O–H groups in total. The van der Waals surface area contributed by atoms with Gasteiger partial charge in [0.2, 0.25) is 0 Å². The molecule has 19 heteroatoms. The van der Waals surface area contributed by atoms with Gasteiger partial charge in [-0.25, -0.2) is 9.13 Å². The Morgan fingerprint density at radius 2 is 0.469 bits per heavy atom. The number of esters is 4. The fourth-order valence-electron chi connectivity index (χ4n) is 12.2. The summed E-state index contributed by atoms with van der Waals surface area (Å²) in [6, 6.07) is 0. The van der Waals surface area contributed by atoms with Crippen molar-refractivity contribution in [1.29, 1.82) is 0 Å². The van der Waals surface area contributed by atoms with Crippen molar-refractivity contribution in [3.8, 4) is 0 Å². The third-order valence-electron chi connectivity index (χ3n) is 18.5. The van der Waals surface area contributed by atoms with Gasteiger partial charge in [0.05, 0.1) is 26.4 Å². The van der Waals surface area contributed by atoms with Crippen molar-refractivity contribution in [1.82, 2.24) is 0 Å². The Labute approximate surface area is 600 Å². The molecule has 5 atom stereocenters. The van der Waals surface area contributed by atoms with E-state index in [0.29, 0.717) is 31.6 Å². The van der Waals surface area contributed by atoms with Crippen LogP contribution in [0, 0.1) is 11.8 Å². The molecule has 0 saturated heterocycles. The number of rotatable bonds is 78. The molecule has 0 aromatic carbocycles. The van der Waals surface area contributed by atoms with Crippen molar-refractivity contribution in [3.05, 3.63) is 0 Å². The van der Waals surface area contributed by atoms with E-state index in [9.17, 15) is 43.2 Å². The summed E-state index contributed by atoms with van der Waals surface area (Å²) in [5.41, 5.74) is 0. The maximum absolute atomic E-state index is 13.1. The molecule has 0 fully saturated rings. The van der Waals surface area contributed by atoms with Crippen molar-refractivity contribution < 1.29 is 80.2 Å².